The summed E-state index contributed by atoms with van der Waals surface area (Å²) in [6.45, 7) is 8.35. The predicted octanol–water partition coefficient (Wildman–Crippen LogP) is 4.15. The Kier molecular flexibility index (Phi) is 14.2. The van der Waals surface area contributed by atoms with E-state index in [1.807, 2.05) is 13.8 Å². The fourth-order valence-electron chi connectivity index (χ4n) is 2.82. The zero-order valence-electron chi connectivity index (χ0n) is 17.8. The van der Waals surface area contributed by atoms with Crippen LogP contribution >= 0.6 is 0 Å². The first-order valence-electron chi connectivity index (χ1n) is 10.5. The van der Waals surface area contributed by atoms with Crippen molar-refractivity contribution in [1.29, 1.82) is 0 Å². The highest BCUT2D eigenvalue weighted by atomic mass is 32.2. The summed E-state index contributed by atoms with van der Waals surface area (Å²) in [6.07, 6.45) is 6.74. The number of ether oxygens (including phenoxy) is 2. The van der Waals surface area contributed by atoms with Gasteiger partial charge in [0.2, 0.25) is 0 Å². The summed E-state index contributed by atoms with van der Waals surface area (Å²) >= 11 is 0. The highest BCUT2D eigenvalue weighted by Gasteiger charge is 2.36. The van der Waals surface area contributed by atoms with Gasteiger partial charge < -0.3 is 9.47 Å². The minimum absolute atomic E-state index is 0.0747. The van der Waals surface area contributed by atoms with Gasteiger partial charge in [-0.15, -0.1) is 0 Å². The molecule has 0 aliphatic carbocycles. The van der Waals surface area contributed by atoms with Crippen molar-refractivity contribution < 1.29 is 32.0 Å². The van der Waals surface area contributed by atoms with Gasteiger partial charge in [-0.05, 0) is 24.7 Å². The normalized spacial score (nSPS) is 14.9. The molecule has 0 aliphatic rings. The van der Waals surface area contributed by atoms with Gasteiger partial charge in [-0.2, -0.15) is 8.42 Å². The predicted molar refractivity (Wildman–Crippen MR) is 108 cm³/mol. The van der Waals surface area contributed by atoms with Crippen molar-refractivity contribution in [3.05, 3.63) is 0 Å². The molecule has 0 saturated heterocycles. The van der Waals surface area contributed by atoms with Crippen LogP contribution < -0.4 is 0 Å². The largest absolute Gasteiger partial charge is 0.465 e. The Hall–Kier alpha value is -1.15. The van der Waals surface area contributed by atoms with Crippen LogP contribution in [-0.2, 0) is 29.2 Å². The molecule has 0 aliphatic heterocycles. The maximum Gasteiger partial charge on any atom is 0.327 e. The second-order valence-electron chi connectivity index (χ2n) is 7.35. The average Bonchev–Trinajstić information content (AvgIpc) is 2.65. The Morgan fingerprint density at radius 3 is 1.71 bits per heavy atom. The summed E-state index contributed by atoms with van der Waals surface area (Å²) in [7, 11) is -4.76. The van der Waals surface area contributed by atoms with Crippen molar-refractivity contribution in [3.8, 4) is 0 Å². The quantitative estimate of drug-likeness (QED) is 0.294. The molecule has 0 bridgehead atoms. The van der Waals surface area contributed by atoms with Crippen molar-refractivity contribution in [2.45, 2.75) is 90.7 Å². The Bertz CT molecular complexity index is 545. The molecule has 28 heavy (non-hydrogen) atoms. The van der Waals surface area contributed by atoms with Crippen LogP contribution in [0, 0.1) is 11.8 Å². The Morgan fingerprint density at radius 1 is 0.857 bits per heavy atom. The fraction of sp³-hybridized carbons (Fsp3) is 0.900. The molecule has 0 aromatic heterocycles. The standard InChI is InChI=1S/C20H38O7S/c1-5-9-11-16(7-3)14-26-19(21)13-18(28(23,24)25)20(22)27-15-17(8-4)12-10-6-2/h16-18H,5-15H2,1-4H3,(H,23,24,25)/t16-,17+,18-/m0/s1. The number of hydrogen-bond donors (Lipinski definition) is 1. The molecule has 0 radical (unpaired) electrons. The molecular formula is C20H38O7S. The average molecular weight is 423 g/mol. The minimum atomic E-state index is -4.76. The zero-order valence-corrected chi connectivity index (χ0v) is 18.6. The van der Waals surface area contributed by atoms with Crippen molar-refractivity contribution in [2.75, 3.05) is 13.2 Å². The molecular weight excluding hydrogens is 384 g/mol. The molecule has 1 N–H and O–H groups in total. The van der Waals surface area contributed by atoms with Gasteiger partial charge in [0.15, 0.2) is 5.25 Å². The number of carbonyl (C=O) groups excluding carboxylic acids is 2. The lowest BCUT2D eigenvalue weighted by Gasteiger charge is -2.18. The van der Waals surface area contributed by atoms with Crippen LogP contribution in [0.15, 0.2) is 0 Å². The van der Waals surface area contributed by atoms with Gasteiger partial charge in [-0.1, -0.05) is 66.2 Å². The van der Waals surface area contributed by atoms with Crippen LogP contribution in [0.5, 0.6) is 0 Å². The fourth-order valence-corrected chi connectivity index (χ4v) is 3.48. The number of rotatable bonds is 16. The molecule has 0 rings (SSSR count). The van der Waals surface area contributed by atoms with Gasteiger partial charge in [-0.3, -0.25) is 14.1 Å². The van der Waals surface area contributed by atoms with Crippen molar-refractivity contribution >= 4 is 22.1 Å². The molecule has 0 aromatic carbocycles. The monoisotopic (exact) mass is 422 g/mol. The molecule has 3 atom stereocenters. The van der Waals surface area contributed by atoms with Crippen LogP contribution in [0.2, 0.25) is 0 Å². The summed E-state index contributed by atoms with van der Waals surface area (Å²) in [6, 6.07) is 0. The highest BCUT2D eigenvalue weighted by Crippen LogP contribution is 2.17. The van der Waals surface area contributed by atoms with E-state index >= 15 is 0 Å². The Labute approximate surface area is 170 Å². The molecule has 0 heterocycles. The molecule has 0 aromatic rings. The van der Waals surface area contributed by atoms with Crippen LogP contribution in [0.1, 0.15) is 85.5 Å². The molecule has 7 nitrogen and oxygen atoms in total. The lowest BCUT2D eigenvalue weighted by molar-refractivity contribution is -0.151. The minimum Gasteiger partial charge on any atom is -0.465 e. The van der Waals surface area contributed by atoms with Crippen LogP contribution in [-0.4, -0.2) is 43.4 Å². The summed E-state index contributed by atoms with van der Waals surface area (Å²) < 4.78 is 42.8. The van der Waals surface area contributed by atoms with E-state index in [4.69, 9.17) is 9.47 Å². The van der Waals surface area contributed by atoms with E-state index in [0.717, 1.165) is 51.4 Å². The van der Waals surface area contributed by atoms with Crippen LogP contribution in [0.4, 0.5) is 0 Å². The maximum atomic E-state index is 12.2. The first-order valence-corrected chi connectivity index (χ1v) is 12.0. The van der Waals surface area contributed by atoms with Crippen LogP contribution in [0.3, 0.4) is 0 Å². The molecule has 0 saturated carbocycles. The summed E-state index contributed by atoms with van der Waals surface area (Å²) in [4.78, 5) is 24.2. The van der Waals surface area contributed by atoms with Crippen molar-refractivity contribution in [1.82, 2.24) is 0 Å². The smallest absolute Gasteiger partial charge is 0.327 e. The second-order valence-corrected chi connectivity index (χ2v) is 8.95. The van der Waals surface area contributed by atoms with Gasteiger partial charge in [0, 0.05) is 0 Å². The SMILES string of the molecule is CCCC[C@@H](CC)COC(=O)[C@H](CC(=O)OC[C@@H](CC)CCCC)S(=O)(=O)O. The Morgan fingerprint density at radius 2 is 1.32 bits per heavy atom. The van der Waals surface area contributed by atoms with Gasteiger partial charge >= 0.3 is 11.9 Å². The molecule has 0 fully saturated rings. The van der Waals surface area contributed by atoms with E-state index in [0.29, 0.717) is 0 Å². The number of carbonyl (C=O) groups is 2. The maximum absolute atomic E-state index is 12.2. The first kappa shape index (κ1) is 26.9. The van der Waals surface area contributed by atoms with Crippen molar-refractivity contribution in [2.24, 2.45) is 11.8 Å². The summed E-state index contributed by atoms with van der Waals surface area (Å²) in [5, 5.41) is -1.95. The van der Waals surface area contributed by atoms with Gasteiger partial charge in [0.25, 0.3) is 10.1 Å². The Balaban J connectivity index is 4.73. The lowest BCUT2D eigenvalue weighted by Crippen LogP contribution is -2.35. The molecule has 0 spiro atoms. The first-order chi connectivity index (χ1) is 13.2. The van der Waals surface area contributed by atoms with Gasteiger partial charge in [-0.25, -0.2) is 0 Å². The van der Waals surface area contributed by atoms with Gasteiger partial charge in [0.1, 0.15) is 0 Å². The summed E-state index contributed by atoms with van der Waals surface area (Å²) in [5.74, 6) is -1.61. The van der Waals surface area contributed by atoms with Crippen LogP contribution in [0.25, 0.3) is 0 Å². The molecule has 0 amide bonds. The van der Waals surface area contributed by atoms with E-state index < -0.39 is 33.7 Å². The second kappa shape index (κ2) is 14.8. The number of esters is 2. The van der Waals surface area contributed by atoms with E-state index in [2.05, 4.69) is 13.8 Å². The highest BCUT2D eigenvalue weighted by molar-refractivity contribution is 7.87. The van der Waals surface area contributed by atoms with E-state index in [1.165, 1.54) is 0 Å². The third-order valence-electron chi connectivity index (χ3n) is 5.00. The lowest BCUT2D eigenvalue weighted by atomic mass is 10.0. The zero-order chi connectivity index (χ0) is 21.6. The topological polar surface area (TPSA) is 107 Å². The third-order valence-corrected chi connectivity index (χ3v) is 6.08. The number of hydrogen-bond acceptors (Lipinski definition) is 6. The molecule has 166 valence electrons. The third kappa shape index (κ3) is 11.6. The van der Waals surface area contributed by atoms with Gasteiger partial charge in [0.05, 0.1) is 19.6 Å². The van der Waals surface area contributed by atoms with E-state index in [1.54, 1.807) is 0 Å². The molecule has 0 unspecified atom stereocenters. The van der Waals surface area contributed by atoms with Crippen molar-refractivity contribution in [3.63, 3.8) is 0 Å². The van der Waals surface area contributed by atoms with E-state index in [-0.39, 0.29) is 25.0 Å². The molecule has 8 heteroatoms. The van der Waals surface area contributed by atoms with E-state index in [9.17, 15) is 22.6 Å². The summed E-state index contributed by atoms with van der Waals surface area (Å²) in [5.41, 5.74) is 0. The number of unbranched alkanes of at least 4 members (excludes halogenated alkanes) is 2.